The molecular formula is C14H16ClF3N2O. The minimum Gasteiger partial charge on any atom is -0.383 e. The second-order valence-corrected chi connectivity index (χ2v) is 5.02. The molecule has 0 radical (unpaired) electrons. The van der Waals surface area contributed by atoms with E-state index in [4.69, 9.17) is 16.3 Å². The van der Waals surface area contributed by atoms with Crippen molar-refractivity contribution in [3.63, 3.8) is 0 Å². The van der Waals surface area contributed by atoms with E-state index in [9.17, 15) is 13.2 Å². The Balaban J connectivity index is 2.59. The lowest BCUT2D eigenvalue weighted by Gasteiger charge is -2.19. The second kappa shape index (κ2) is 6.23. The minimum atomic E-state index is -4.38. The number of fused-ring (bicyclic) bond motifs is 1. The van der Waals surface area contributed by atoms with Crippen molar-refractivity contribution < 1.29 is 17.9 Å². The number of methoxy groups -OCH3 is 1. The maximum atomic E-state index is 12.8. The third-order valence-corrected chi connectivity index (χ3v) is 3.64. The molecule has 0 amide bonds. The van der Waals surface area contributed by atoms with Gasteiger partial charge in [0.05, 0.1) is 35.1 Å². The number of ether oxygens (including phenoxy) is 1. The molecule has 0 bridgehead atoms. The van der Waals surface area contributed by atoms with Crippen molar-refractivity contribution in [1.29, 1.82) is 0 Å². The van der Waals surface area contributed by atoms with Crippen molar-refractivity contribution in [2.75, 3.05) is 13.7 Å². The van der Waals surface area contributed by atoms with Gasteiger partial charge >= 0.3 is 6.18 Å². The average Bonchev–Trinajstić information content (AvgIpc) is 2.81. The fourth-order valence-electron chi connectivity index (χ4n) is 2.39. The van der Waals surface area contributed by atoms with Crippen molar-refractivity contribution >= 4 is 22.6 Å². The summed E-state index contributed by atoms with van der Waals surface area (Å²) in [5.41, 5.74) is 0.234. The Kier molecular flexibility index (Phi) is 4.78. The van der Waals surface area contributed by atoms with Gasteiger partial charge < -0.3 is 9.30 Å². The first-order chi connectivity index (χ1) is 9.92. The van der Waals surface area contributed by atoms with Crippen LogP contribution in [0, 0.1) is 0 Å². The molecule has 0 saturated carbocycles. The van der Waals surface area contributed by atoms with Crippen molar-refractivity contribution in [2.24, 2.45) is 0 Å². The Morgan fingerprint density at radius 1 is 1.38 bits per heavy atom. The number of aromatic nitrogens is 2. The number of benzene rings is 1. The van der Waals surface area contributed by atoms with Crippen molar-refractivity contribution in [3.05, 3.63) is 29.6 Å². The molecule has 2 aromatic rings. The molecule has 1 aromatic carbocycles. The first kappa shape index (κ1) is 16.1. The molecule has 1 heterocycles. The molecule has 0 aliphatic rings. The van der Waals surface area contributed by atoms with Crippen LogP contribution < -0.4 is 0 Å². The van der Waals surface area contributed by atoms with E-state index in [0.717, 1.165) is 18.6 Å². The highest BCUT2D eigenvalue weighted by Crippen LogP contribution is 2.33. The van der Waals surface area contributed by atoms with Gasteiger partial charge in [0.2, 0.25) is 0 Å². The van der Waals surface area contributed by atoms with Crippen LogP contribution in [0.4, 0.5) is 13.2 Å². The van der Waals surface area contributed by atoms with E-state index in [1.54, 1.807) is 7.11 Å². The van der Waals surface area contributed by atoms with Crippen LogP contribution in [0.15, 0.2) is 18.2 Å². The van der Waals surface area contributed by atoms with Gasteiger partial charge in [0.15, 0.2) is 0 Å². The molecule has 21 heavy (non-hydrogen) atoms. The van der Waals surface area contributed by atoms with Crippen LogP contribution in [-0.2, 0) is 16.8 Å². The Morgan fingerprint density at radius 2 is 2.10 bits per heavy atom. The summed E-state index contributed by atoms with van der Waals surface area (Å²) in [5.74, 6) is 0.686. The number of hydrogen-bond donors (Lipinski definition) is 0. The second-order valence-electron chi connectivity index (χ2n) is 4.75. The standard InChI is InChI=1S/C14H16ClF3N2O/c1-3-10(8-21-2)20-12-5-4-9(14(16,17)18)6-11(12)19-13(20)7-15/h4-6,10H,3,7-8H2,1-2H3. The highest BCUT2D eigenvalue weighted by Gasteiger charge is 2.31. The molecule has 3 nitrogen and oxygen atoms in total. The number of halogens is 4. The largest absolute Gasteiger partial charge is 0.416 e. The number of alkyl halides is 4. The van der Waals surface area contributed by atoms with E-state index >= 15 is 0 Å². The summed E-state index contributed by atoms with van der Waals surface area (Å²) >= 11 is 5.89. The summed E-state index contributed by atoms with van der Waals surface area (Å²) in [6.45, 7) is 2.44. The topological polar surface area (TPSA) is 27.1 Å². The zero-order valence-electron chi connectivity index (χ0n) is 11.7. The van der Waals surface area contributed by atoms with Gasteiger partial charge in [-0.15, -0.1) is 11.6 Å². The van der Waals surface area contributed by atoms with Gasteiger partial charge in [-0.2, -0.15) is 13.2 Å². The van der Waals surface area contributed by atoms with Crippen LogP contribution in [0.1, 0.15) is 30.8 Å². The van der Waals surface area contributed by atoms with E-state index in [2.05, 4.69) is 4.98 Å². The number of hydrogen-bond acceptors (Lipinski definition) is 2. The molecule has 7 heteroatoms. The van der Waals surface area contributed by atoms with E-state index in [1.807, 2.05) is 11.5 Å². The van der Waals surface area contributed by atoms with Crippen LogP contribution in [0.3, 0.4) is 0 Å². The van der Waals surface area contributed by atoms with Gasteiger partial charge in [-0.05, 0) is 24.6 Å². The highest BCUT2D eigenvalue weighted by molar-refractivity contribution is 6.16. The Labute approximate surface area is 125 Å². The summed E-state index contributed by atoms with van der Waals surface area (Å²) in [7, 11) is 1.59. The molecule has 116 valence electrons. The van der Waals surface area contributed by atoms with Crippen molar-refractivity contribution in [3.8, 4) is 0 Å². The van der Waals surface area contributed by atoms with E-state index < -0.39 is 11.7 Å². The van der Waals surface area contributed by atoms with Gasteiger partial charge in [-0.3, -0.25) is 0 Å². The van der Waals surface area contributed by atoms with Gasteiger partial charge in [0.25, 0.3) is 0 Å². The third-order valence-electron chi connectivity index (χ3n) is 3.40. The minimum absolute atomic E-state index is 0.00881. The molecule has 0 aliphatic carbocycles. The molecule has 2 rings (SSSR count). The van der Waals surface area contributed by atoms with E-state index in [0.29, 0.717) is 23.5 Å². The first-order valence-electron chi connectivity index (χ1n) is 6.55. The summed E-state index contributed by atoms with van der Waals surface area (Å²) < 4.78 is 45.4. The SMILES string of the molecule is CCC(COC)n1c(CCl)nc2cc(C(F)(F)F)ccc21. The molecule has 0 saturated heterocycles. The quantitative estimate of drug-likeness (QED) is 0.764. The Hall–Kier alpha value is -1.27. The van der Waals surface area contributed by atoms with Gasteiger partial charge in [0, 0.05) is 7.11 Å². The van der Waals surface area contributed by atoms with Crippen LogP contribution >= 0.6 is 11.6 Å². The zero-order chi connectivity index (χ0) is 15.6. The Morgan fingerprint density at radius 3 is 2.62 bits per heavy atom. The first-order valence-corrected chi connectivity index (χ1v) is 7.08. The van der Waals surface area contributed by atoms with Crippen LogP contribution in [0.25, 0.3) is 11.0 Å². The fourth-order valence-corrected chi connectivity index (χ4v) is 2.58. The maximum Gasteiger partial charge on any atom is 0.416 e. The molecule has 0 N–H and O–H groups in total. The number of nitrogens with zero attached hydrogens (tertiary/aromatic N) is 2. The summed E-state index contributed by atoms with van der Waals surface area (Å²) in [4.78, 5) is 4.23. The lowest BCUT2D eigenvalue weighted by Crippen LogP contribution is -2.16. The number of imidazole rings is 1. The molecule has 1 atom stereocenters. The van der Waals surface area contributed by atoms with Crippen molar-refractivity contribution in [2.45, 2.75) is 31.4 Å². The smallest absolute Gasteiger partial charge is 0.383 e. The highest BCUT2D eigenvalue weighted by atomic mass is 35.5. The molecular weight excluding hydrogens is 305 g/mol. The molecule has 0 aliphatic heterocycles. The average molecular weight is 321 g/mol. The normalized spacial score (nSPS) is 13.8. The zero-order valence-corrected chi connectivity index (χ0v) is 12.5. The third kappa shape index (κ3) is 3.16. The van der Waals surface area contributed by atoms with Gasteiger partial charge in [-0.1, -0.05) is 6.92 Å². The van der Waals surface area contributed by atoms with Crippen LogP contribution in [-0.4, -0.2) is 23.3 Å². The predicted octanol–water partition coefficient (Wildman–Crippen LogP) is 4.39. The summed E-state index contributed by atoms with van der Waals surface area (Å²) in [6.07, 6.45) is -3.61. The summed E-state index contributed by atoms with van der Waals surface area (Å²) in [5, 5.41) is 0. The fraction of sp³-hybridized carbons (Fsp3) is 0.500. The molecule has 1 aromatic heterocycles. The lowest BCUT2D eigenvalue weighted by molar-refractivity contribution is -0.137. The van der Waals surface area contributed by atoms with Crippen LogP contribution in [0.5, 0.6) is 0 Å². The van der Waals surface area contributed by atoms with Gasteiger partial charge in [-0.25, -0.2) is 4.98 Å². The molecule has 1 unspecified atom stereocenters. The van der Waals surface area contributed by atoms with Gasteiger partial charge in [0.1, 0.15) is 5.82 Å². The maximum absolute atomic E-state index is 12.8. The predicted molar refractivity (Wildman–Crippen MR) is 75.5 cm³/mol. The Bertz CT molecular complexity index is 624. The van der Waals surface area contributed by atoms with E-state index in [-0.39, 0.29) is 11.9 Å². The lowest BCUT2D eigenvalue weighted by atomic mass is 10.1. The van der Waals surface area contributed by atoms with E-state index in [1.165, 1.54) is 6.07 Å². The van der Waals surface area contributed by atoms with Crippen molar-refractivity contribution in [1.82, 2.24) is 9.55 Å². The number of rotatable bonds is 5. The summed E-state index contributed by atoms with van der Waals surface area (Å²) in [6, 6.07) is 3.56. The monoisotopic (exact) mass is 320 g/mol. The van der Waals surface area contributed by atoms with Crippen LogP contribution in [0.2, 0.25) is 0 Å². The molecule has 0 fully saturated rings. The molecule has 0 spiro atoms.